The number of hydrogen-bond donors (Lipinski definition) is 1. The maximum absolute atomic E-state index is 14.4. The van der Waals surface area contributed by atoms with E-state index in [0.29, 0.717) is 18.4 Å². The van der Waals surface area contributed by atoms with Crippen LogP contribution < -0.4 is 0 Å². The molecule has 4 rings (SSSR count). The van der Waals surface area contributed by atoms with Crippen LogP contribution in [0.2, 0.25) is 5.02 Å². The van der Waals surface area contributed by atoms with Gasteiger partial charge < -0.3 is 12.0 Å². The number of aliphatic hydroxyl groups is 1. The molecule has 1 nitrogen and oxygen atoms in total. The van der Waals surface area contributed by atoms with Crippen molar-refractivity contribution < 1.29 is 42.2 Å². The Morgan fingerprint density at radius 1 is 1.03 bits per heavy atom. The summed E-state index contributed by atoms with van der Waals surface area (Å²) in [7, 11) is 0. The van der Waals surface area contributed by atoms with Gasteiger partial charge in [-0.05, 0) is 59.4 Å². The molecule has 155 valence electrons. The van der Waals surface area contributed by atoms with Crippen LogP contribution in [0.4, 0.5) is 4.39 Å². The number of aryl methyl sites for hydroxylation is 1. The second kappa shape index (κ2) is 10.4. The zero-order valence-electron chi connectivity index (χ0n) is 16.7. The number of benzene rings is 3. The maximum Gasteiger partial charge on any atom is 0.124 e. The van der Waals surface area contributed by atoms with Crippen LogP contribution in [0.15, 0.2) is 54.6 Å². The molecule has 0 bridgehead atoms. The van der Waals surface area contributed by atoms with Crippen LogP contribution in [0.3, 0.4) is 0 Å². The molecular weight excluding hydrogens is 495 g/mol. The molecule has 1 aliphatic rings. The predicted octanol–water partition coefficient (Wildman–Crippen LogP) is 6.71. The minimum absolute atomic E-state index is 0. The van der Waals surface area contributed by atoms with Gasteiger partial charge in [0.05, 0.1) is 6.10 Å². The molecule has 2 unspecified atom stereocenters. The first-order valence-electron chi connectivity index (χ1n) is 10.1. The number of halogens is 3. The molecule has 0 spiro atoms. The van der Waals surface area contributed by atoms with Gasteiger partial charge in [-0.1, -0.05) is 54.1 Å². The Hall–Kier alpha value is -0.506. The number of rotatable bonds is 5. The Kier molecular flexibility index (Phi) is 8.37. The smallest absolute Gasteiger partial charge is 0.124 e. The van der Waals surface area contributed by atoms with E-state index < -0.39 is 6.10 Å². The second-order valence-corrected chi connectivity index (χ2v) is 8.87. The number of hydrogen-bond acceptors (Lipinski definition) is 1. The van der Waals surface area contributed by atoms with E-state index in [1.165, 1.54) is 5.56 Å². The van der Waals surface area contributed by atoms with Gasteiger partial charge in [-0.15, -0.1) is 11.6 Å². The zero-order valence-corrected chi connectivity index (χ0v) is 21.0. The van der Waals surface area contributed by atoms with Crippen LogP contribution in [0, 0.1) is 18.7 Å². The van der Waals surface area contributed by atoms with Crippen molar-refractivity contribution in [3.05, 3.63) is 89.1 Å². The molecule has 30 heavy (non-hydrogen) atoms. The van der Waals surface area contributed by atoms with Crippen LogP contribution in [0.5, 0.6) is 0 Å². The van der Waals surface area contributed by atoms with Crippen LogP contribution >= 0.6 is 23.2 Å². The Balaban J connectivity index is 0.00000256. The third-order valence-corrected chi connectivity index (χ3v) is 7.08. The SMILES string of the molecule is [CH2-]Cc1ccc([C@H]2C(O)CC(Cl)[C@@H]2CCc2ccc(Cl)c3ccccc23)cc1F.[Y]. The molecule has 3 aromatic rings. The van der Waals surface area contributed by atoms with Crippen molar-refractivity contribution in [3.8, 4) is 0 Å². The van der Waals surface area contributed by atoms with Gasteiger partial charge in [0.15, 0.2) is 0 Å². The quantitative estimate of drug-likeness (QED) is 0.294. The molecule has 0 amide bonds. The van der Waals surface area contributed by atoms with Crippen LogP contribution in [0.1, 0.15) is 35.4 Å². The van der Waals surface area contributed by atoms with Gasteiger partial charge in [-0.2, -0.15) is 6.42 Å². The summed E-state index contributed by atoms with van der Waals surface area (Å²) in [6, 6.07) is 17.4. The number of aliphatic hydroxyl groups excluding tert-OH is 1. The average molecular weight is 519 g/mol. The molecule has 1 radical (unpaired) electrons. The summed E-state index contributed by atoms with van der Waals surface area (Å²) in [6.07, 6.45) is 2.02. The fourth-order valence-electron chi connectivity index (χ4n) is 4.73. The molecule has 1 aliphatic carbocycles. The van der Waals surface area contributed by atoms with Crippen molar-refractivity contribution in [2.24, 2.45) is 5.92 Å². The van der Waals surface area contributed by atoms with Gasteiger partial charge in [-0.3, -0.25) is 0 Å². The largest absolute Gasteiger partial charge is 0.392 e. The molecule has 4 atom stereocenters. The van der Waals surface area contributed by atoms with E-state index >= 15 is 0 Å². The summed E-state index contributed by atoms with van der Waals surface area (Å²) < 4.78 is 14.4. The fourth-order valence-corrected chi connectivity index (χ4v) is 5.42. The van der Waals surface area contributed by atoms with Gasteiger partial charge in [-0.25, -0.2) is 4.39 Å². The topological polar surface area (TPSA) is 20.2 Å². The molecule has 5 heteroatoms. The van der Waals surface area contributed by atoms with E-state index in [1.807, 2.05) is 30.3 Å². The maximum atomic E-state index is 14.4. The van der Waals surface area contributed by atoms with Gasteiger partial charge in [0.25, 0.3) is 0 Å². The van der Waals surface area contributed by atoms with Crippen LogP contribution in [-0.4, -0.2) is 16.6 Å². The Morgan fingerprint density at radius 3 is 2.43 bits per heavy atom. The molecule has 1 fully saturated rings. The van der Waals surface area contributed by atoms with Crippen molar-refractivity contribution in [1.29, 1.82) is 0 Å². The van der Waals surface area contributed by atoms with E-state index in [0.717, 1.165) is 34.2 Å². The molecule has 0 aromatic heterocycles. The van der Waals surface area contributed by atoms with Crippen molar-refractivity contribution in [2.75, 3.05) is 0 Å². The van der Waals surface area contributed by atoms with Crippen molar-refractivity contribution in [1.82, 2.24) is 0 Å². The monoisotopic (exact) mass is 518 g/mol. The van der Waals surface area contributed by atoms with E-state index in [9.17, 15) is 9.50 Å². The first-order chi connectivity index (χ1) is 14.0. The van der Waals surface area contributed by atoms with Crippen LogP contribution in [-0.2, 0) is 45.6 Å². The summed E-state index contributed by atoms with van der Waals surface area (Å²) in [5.41, 5.74) is 2.63. The molecule has 0 heterocycles. The Morgan fingerprint density at radius 2 is 1.73 bits per heavy atom. The molecule has 0 saturated heterocycles. The Bertz CT molecular complexity index is 1030. The minimum atomic E-state index is -0.561. The first kappa shape index (κ1) is 24.1. The van der Waals surface area contributed by atoms with E-state index in [1.54, 1.807) is 12.1 Å². The van der Waals surface area contributed by atoms with Crippen molar-refractivity contribution in [2.45, 2.75) is 43.1 Å². The second-order valence-electron chi connectivity index (χ2n) is 7.90. The molecule has 0 aliphatic heterocycles. The minimum Gasteiger partial charge on any atom is -0.392 e. The van der Waals surface area contributed by atoms with E-state index in [-0.39, 0.29) is 55.7 Å². The summed E-state index contributed by atoms with van der Waals surface area (Å²) in [5.74, 6) is -0.347. The van der Waals surface area contributed by atoms with Gasteiger partial charge in [0.1, 0.15) is 5.82 Å². The normalized spacial score (nSPS) is 23.5. The molecule has 1 saturated carbocycles. The third kappa shape index (κ3) is 4.79. The fraction of sp³-hybridized carbons (Fsp3) is 0.320. The molecular formula is C25H24Cl2FOY-. The van der Waals surface area contributed by atoms with Crippen LogP contribution in [0.25, 0.3) is 10.8 Å². The van der Waals surface area contributed by atoms with E-state index in [4.69, 9.17) is 23.2 Å². The first-order valence-corrected chi connectivity index (χ1v) is 10.9. The van der Waals surface area contributed by atoms with Crippen molar-refractivity contribution in [3.63, 3.8) is 0 Å². The third-order valence-electron chi connectivity index (χ3n) is 6.25. The Labute approximate surface area is 212 Å². The number of alkyl halides is 1. The summed E-state index contributed by atoms with van der Waals surface area (Å²) in [6.45, 7) is 3.76. The van der Waals surface area contributed by atoms with E-state index in [2.05, 4.69) is 19.1 Å². The van der Waals surface area contributed by atoms with Gasteiger partial charge in [0.2, 0.25) is 0 Å². The standard InChI is InChI=1S/C25H24Cl2FO.Y/c1-2-15-7-8-17(13-23(15)28)25-20(22(27)14-24(25)29)11-9-16-10-12-21(26)19-6-4-3-5-18(16)19;/h3-8,10,12-13,20,22,24-25,29H,1-2,9,11,14H2;/q-1;/t20-,22?,24?,25+;/m0./s1. The predicted molar refractivity (Wildman–Crippen MR) is 119 cm³/mol. The average Bonchev–Trinajstić information content (AvgIpc) is 3.00. The van der Waals surface area contributed by atoms with Gasteiger partial charge >= 0.3 is 0 Å². The summed E-state index contributed by atoms with van der Waals surface area (Å²) in [5, 5.41) is 13.5. The van der Waals surface area contributed by atoms with Crippen molar-refractivity contribution >= 4 is 34.0 Å². The zero-order chi connectivity index (χ0) is 20.5. The number of fused-ring (bicyclic) bond motifs is 1. The summed E-state index contributed by atoms with van der Waals surface area (Å²) in [4.78, 5) is 0. The molecule has 3 aromatic carbocycles. The molecule has 1 N–H and O–H groups in total. The summed E-state index contributed by atoms with van der Waals surface area (Å²) >= 11 is 13.0. The van der Waals surface area contributed by atoms with Gasteiger partial charge in [0, 0.05) is 54.4 Å².